The van der Waals surface area contributed by atoms with Crippen LogP contribution in [-0.4, -0.2) is 0 Å². The van der Waals surface area contributed by atoms with E-state index in [1.54, 1.807) is 6.07 Å². The highest BCUT2D eigenvalue weighted by atomic mass is 79.9. The largest absolute Gasteiger partial charge is 0.205 e. The van der Waals surface area contributed by atoms with Crippen LogP contribution in [0.3, 0.4) is 0 Å². The van der Waals surface area contributed by atoms with E-state index in [0.29, 0.717) is 5.56 Å². The predicted molar refractivity (Wildman–Crippen MR) is 78.8 cm³/mol. The van der Waals surface area contributed by atoms with Crippen LogP contribution in [0.4, 0.5) is 4.39 Å². The molecule has 0 spiro atoms. The molecule has 0 bridgehead atoms. The van der Waals surface area contributed by atoms with Crippen molar-refractivity contribution >= 4 is 66.4 Å². The molecule has 0 amide bonds. The van der Waals surface area contributed by atoms with E-state index in [9.17, 15) is 4.39 Å². The molecule has 1 heterocycles. The summed E-state index contributed by atoms with van der Waals surface area (Å²) in [5, 5.41) is -0.277. The molecule has 0 nitrogen and oxygen atoms in total. The lowest BCUT2D eigenvalue weighted by molar-refractivity contribution is 0.626. The van der Waals surface area contributed by atoms with Gasteiger partial charge in [-0.3, -0.25) is 0 Å². The number of thiophene rings is 1. The fourth-order valence-corrected chi connectivity index (χ4v) is 3.87. The molecule has 1 atom stereocenters. The highest BCUT2D eigenvalue weighted by Crippen LogP contribution is 2.40. The maximum Gasteiger partial charge on any atom is 0.142 e. The third kappa shape index (κ3) is 3.04. The van der Waals surface area contributed by atoms with Gasteiger partial charge >= 0.3 is 0 Å². The van der Waals surface area contributed by atoms with E-state index >= 15 is 0 Å². The van der Waals surface area contributed by atoms with Crippen molar-refractivity contribution in [3.05, 3.63) is 53.8 Å². The van der Waals surface area contributed by atoms with Gasteiger partial charge in [0.05, 0.1) is 14.2 Å². The highest BCUT2D eigenvalue weighted by molar-refractivity contribution is 9.13. The SMILES string of the molecule is Fc1cc(C(Cl)c2cc(Br)c(Br)s2)ccc1Cl. The molecule has 1 aromatic carbocycles. The average molecular weight is 419 g/mol. The van der Waals surface area contributed by atoms with E-state index in [4.69, 9.17) is 23.2 Å². The summed E-state index contributed by atoms with van der Waals surface area (Å²) in [5.74, 6) is -0.454. The first-order valence-electron chi connectivity index (χ1n) is 4.53. The minimum Gasteiger partial charge on any atom is -0.205 e. The van der Waals surface area contributed by atoms with Gasteiger partial charge < -0.3 is 0 Å². The van der Waals surface area contributed by atoms with Gasteiger partial charge in [0.2, 0.25) is 0 Å². The Bertz CT molecular complexity index is 537. The van der Waals surface area contributed by atoms with Gasteiger partial charge in [-0.05, 0) is 55.6 Å². The van der Waals surface area contributed by atoms with E-state index < -0.39 is 5.82 Å². The fraction of sp³-hybridized carbons (Fsp3) is 0.0909. The van der Waals surface area contributed by atoms with Crippen molar-refractivity contribution in [3.8, 4) is 0 Å². The lowest BCUT2D eigenvalue weighted by atomic mass is 10.1. The van der Waals surface area contributed by atoms with Crippen molar-refractivity contribution < 1.29 is 4.39 Å². The summed E-state index contributed by atoms with van der Waals surface area (Å²) in [6, 6.07) is 6.52. The van der Waals surface area contributed by atoms with Crippen LogP contribution in [0.25, 0.3) is 0 Å². The lowest BCUT2D eigenvalue weighted by Gasteiger charge is -2.08. The number of rotatable bonds is 2. The van der Waals surface area contributed by atoms with E-state index in [2.05, 4.69) is 31.9 Å². The molecular weight excluding hydrogens is 414 g/mol. The first-order chi connectivity index (χ1) is 7.99. The highest BCUT2D eigenvalue weighted by Gasteiger charge is 2.16. The van der Waals surface area contributed by atoms with Crippen LogP contribution in [-0.2, 0) is 0 Å². The summed E-state index contributed by atoms with van der Waals surface area (Å²) in [4.78, 5) is 0.937. The van der Waals surface area contributed by atoms with Crippen LogP contribution in [0.15, 0.2) is 32.5 Å². The molecule has 0 aliphatic carbocycles. The van der Waals surface area contributed by atoms with E-state index in [0.717, 1.165) is 13.1 Å². The summed E-state index contributed by atoms with van der Waals surface area (Å²) in [6.07, 6.45) is 0. The Morgan fingerprint density at radius 1 is 1.24 bits per heavy atom. The number of benzene rings is 1. The summed E-state index contributed by atoms with van der Waals surface area (Å²) >= 11 is 20.2. The summed E-state index contributed by atoms with van der Waals surface area (Å²) in [5.41, 5.74) is 0.690. The van der Waals surface area contributed by atoms with E-state index in [1.807, 2.05) is 6.07 Å². The molecule has 0 aliphatic heterocycles. The zero-order chi connectivity index (χ0) is 12.6. The van der Waals surface area contributed by atoms with Crippen molar-refractivity contribution in [1.82, 2.24) is 0 Å². The number of halogens is 5. The molecule has 17 heavy (non-hydrogen) atoms. The van der Waals surface area contributed by atoms with Gasteiger partial charge in [-0.2, -0.15) is 0 Å². The Morgan fingerprint density at radius 3 is 2.47 bits per heavy atom. The Hall–Kier alpha value is 0.390. The first-order valence-corrected chi connectivity index (χ1v) is 7.74. The van der Waals surface area contributed by atoms with E-state index in [1.165, 1.54) is 23.5 Å². The smallest absolute Gasteiger partial charge is 0.142 e. The second-order valence-electron chi connectivity index (χ2n) is 3.31. The van der Waals surface area contributed by atoms with Gasteiger partial charge in [0.1, 0.15) is 5.82 Å². The summed E-state index contributed by atoms with van der Waals surface area (Å²) in [6.45, 7) is 0. The van der Waals surface area contributed by atoms with Crippen LogP contribution in [0.1, 0.15) is 15.8 Å². The monoisotopic (exact) mass is 416 g/mol. The number of hydrogen-bond acceptors (Lipinski definition) is 1. The van der Waals surface area contributed by atoms with Gasteiger partial charge in [-0.15, -0.1) is 22.9 Å². The Labute approximate surface area is 129 Å². The molecule has 1 aromatic heterocycles. The molecule has 90 valence electrons. The minimum atomic E-state index is -0.454. The Morgan fingerprint density at radius 2 is 1.94 bits per heavy atom. The van der Waals surface area contributed by atoms with Crippen molar-refractivity contribution in [1.29, 1.82) is 0 Å². The van der Waals surface area contributed by atoms with Crippen LogP contribution < -0.4 is 0 Å². The molecule has 2 rings (SSSR count). The normalized spacial score (nSPS) is 12.8. The van der Waals surface area contributed by atoms with E-state index in [-0.39, 0.29) is 10.4 Å². The second kappa shape index (κ2) is 5.57. The minimum absolute atomic E-state index is 0.103. The Kier molecular flexibility index (Phi) is 4.53. The number of alkyl halides is 1. The predicted octanol–water partition coefficient (Wildman–Crippen LogP) is 6.39. The fourth-order valence-electron chi connectivity index (χ4n) is 1.32. The molecule has 0 saturated heterocycles. The molecule has 0 radical (unpaired) electrons. The van der Waals surface area contributed by atoms with Crippen molar-refractivity contribution in [2.24, 2.45) is 0 Å². The van der Waals surface area contributed by atoms with Crippen molar-refractivity contribution in [2.45, 2.75) is 5.38 Å². The van der Waals surface area contributed by atoms with Gasteiger partial charge in [0, 0.05) is 9.35 Å². The molecule has 0 saturated carbocycles. The van der Waals surface area contributed by atoms with Crippen LogP contribution in [0.5, 0.6) is 0 Å². The molecular formula is C11H5Br2Cl2FS. The van der Waals surface area contributed by atoms with Crippen molar-refractivity contribution in [3.63, 3.8) is 0 Å². The maximum atomic E-state index is 13.3. The average Bonchev–Trinajstić information content (AvgIpc) is 2.62. The second-order valence-corrected chi connectivity index (χ2v) is 7.41. The summed E-state index contributed by atoms with van der Waals surface area (Å²) < 4.78 is 15.2. The first kappa shape index (κ1) is 13.8. The molecule has 0 aliphatic rings. The molecule has 1 unspecified atom stereocenters. The zero-order valence-electron chi connectivity index (χ0n) is 8.18. The molecule has 0 N–H and O–H groups in total. The van der Waals surface area contributed by atoms with Crippen LogP contribution in [0.2, 0.25) is 5.02 Å². The molecule has 0 fully saturated rings. The summed E-state index contributed by atoms with van der Waals surface area (Å²) in [7, 11) is 0. The van der Waals surface area contributed by atoms with Gasteiger partial charge in [0.25, 0.3) is 0 Å². The van der Waals surface area contributed by atoms with Crippen LogP contribution in [0, 0.1) is 5.82 Å². The van der Waals surface area contributed by atoms with Gasteiger partial charge in [0.15, 0.2) is 0 Å². The zero-order valence-corrected chi connectivity index (χ0v) is 13.7. The van der Waals surface area contributed by atoms with Gasteiger partial charge in [-0.1, -0.05) is 17.7 Å². The number of hydrogen-bond donors (Lipinski definition) is 0. The third-order valence-electron chi connectivity index (χ3n) is 2.15. The molecule has 2 aromatic rings. The quantitative estimate of drug-likeness (QED) is 0.495. The molecule has 6 heteroatoms. The van der Waals surface area contributed by atoms with Crippen molar-refractivity contribution in [2.75, 3.05) is 0 Å². The van der Waals surface area contributed by atoms with Crippen LogP contribution >= 0.6 is 66.4 Å². The topological polar surface area (TPSA) is 0 Å². The maximum absolute atomic E-state index is 13.3. The third-order valence-corrected chi connectivity index (χ3v) is 6.39. The standard InChI is InChI=1S/C11H5Br2Cl2FS/c12-6-4-9(17-11(6)13)10(15)5-1-2-7(14)8(16)3-5/h1-4,10H. The van der Waals surface area contributed by atoms with Gasteiger partial charge in [-0.25, -0.2) is 4.39 Å². The Balaban J connectivity index is 2.36. The lowest BCUT2D eigenvalue weighted by Crippen LogP contribution is -1.91.